The monoisotopic (exact) mass is 377 g/mol. The Hall–Kier alpha value is -3.02. The number of hydrogen-bond acceptors (Lipinski definition) is 3. The number of para-hydroxylation sites is 2. The largest absolute Gasteiger partial charge is 0.339 e. The number of carbonyl (C=O) groups is 1. The van der Waals surface area contributed by atoms with Gasteiger partial charge in [-0.25, -0.2) is 9.78 Å². The maximum absolute atomic E-state index is 12.5. The molecule has 0 atom stereocenters. The van der Waals surface area contributed by atoms with E-state index in [1.54, 1.807) is 0 Å². The molecule has 6 heteroatoms. The summed E-state index contributed by atoms with van der Waals surface area (Å²) in [5.74, 6) is 1.00. The number of fused-ring (bicyclic) bond motifs is 1. The molecule has 1 aliphatic heterocycles. The maximum atomic E-state index is 12.5. The maximum Gasteiger partial charge on any atom is 0.317 e. The number of rotatable bonds is 4. The molecule has 2 amide bonds. The minimum absolute atomic E-state index is 0.00391. The molecule has 146 valence electrons. The van der Waals surface area contributed by atoms with Crippen molar-refractivity contribution in [1.29, 1.82) is 0 Å². The van der Waals surface area contributed by atoms with Crippen molar-refractivity contribution < 1.29 is 4.79 Å². The number of aromatic nitrogens is 2. The lowest BCUT2D eigenvalue weighted by atomic mass is 10.1. The van der Waals surface area contributed by atoms with Crippen molar-refractivity contribution >= 4 is 23.0 Å². The predicted octanol–water partition coefficient (Wildman–Crippen LogP) is 3.40. The molecule has 1 saturated heterocycles. The molecule has 3 aromatic rings. The minimum Gasteiger partial charge on any atom is -0.339 e. The first kappa shape index (κ1) is 18.3. The van der Waals surface area contributed by atoms with Crippen molar-refractivity contribution in [2.75, 3.05) is 31.1 Å². The molecule has 2 heterocycles. The van der Waals surface area contributed by atoms with Crippen LogP contribution in [-0.4, -0.2) is 46.7 Å². The number of hydrogen-bond donors (Lipinski definition) is 1. The molecule has 1 fully saturated rings. The molecule has 0 spiro atoms. The number of piperazine rings is 1. The average Bonchev–Trinajstić information content (AvgIpc) is 3.12. The molecule has 1 aliphatic rings. The van der Waals surface area contributed by atoms with Gasteiger partial charge in [-0.3, -0.25) is 0 Å². The van der Waals surface area contributed by atoms with E-state index < -0.39 is 0 Å². The molecular weight excluding hydrogens is 350 g/mol. The highest BCUT2D eigenvalue weighted by atomic mass is 16.2. The third-order valence-electron chi connectivity index (χ3n) is 5.36. The number of anilines is 1. The van der Waals surface area contributed by atoms with Crippen molar-refractivity contribution in [3.8, 4) is 0 Å². The Labute approximate surface area is 165 Å². The normalized spacial score (nSPS) is 14.5. The van der Waals surface area contributed by atoms with Crippen molar-refractivity contribution in [1.82, 2.24) is 19.8 Å². The number of urea groups is 1. The van der Waals surface area contributed by atoms with Gasteiger partial charge in [0.05, 0.1) is 11.0 Å². The van der Waals surface area contributed by atoms with E-state index in [9.17, 15) is 4.79 Å². The Kier molecular flexibility index (Phi) is 5.19. The van der Waals surface area contributed by atoms with E-state index in [1.807, 2.05) is 11.0 Å². The van der Waals surface area contributed by atoms with Crippen LogP contribution in [0, 0.1) is 6.92 Å². The van der Waals surface area contributed by atoms with Crippen molar-refractivity contribution in [3.63, 3.8) is 0 Å². The molecule has 6 nitrogen and oxygen atoms in total. The van der Waals surface area contributed by atoms with Crippen LogP contribution in [0.4, 0.5) is 10.7 Å². The van der Waals surface area contributed by atoms with Gasteiger partial charge in [-0.2, -0.15) is 0 Å². The zero-order valence-corrected chi connectivity index (χ0v) is 16.6. The van der Waals surface area contributed by atoms with Crippen LogP contribution in [0.3, 0.4) is 0 Å². The van der Waals surface area contributed by atoms with Crippen LogP contribution < -0.4 is 10.2 Å². The Bertz CT molecular complexity index is 955. The average molecular weight is 377 g/mol. The van der Waals surface area contributed by atoms with Crippen LogP contribution in [0.1, 0.15) is 18.1 Å². The van der Waals surface area contributed by atoms with E-state index in [0.717, 1.165) is 36.7 Å². The van der Waals surface area contributed by atoms with E-state index in [1.165, 1.54) is 11.1 Å². The highest BCUT2D eigenvalue weighted by molar-refractivity contribution is 5.79. The van der Waals surface area contributed by atoms with Crippen molar-refractivity contribution in [2.45, 2.75) is 26.9 Å². The summed E-state index contributed by atoms with van der Waals surface area (Å²) in [5.41, 5.74) is 4.54. The first-order valence-electron chi connectivity index (χ1n) is 9.94. The van der Waals surface area contributed by atoms with Gasteiger partial charge in [0.15, 0.2) is 0 Å². The number of aryl methyl sites for hydroxylation is 2. The fourth-order valence-corrected chi connectivity index (χ4v) is 3.72. The summed E-state index contributed by atoms with van der Waals surface area (Å²) in [7, 11) is 0. The lowest BCUT2D eigenvalue weighted by Gasteiger charge is -2.35. The number of benzene rings is 2. The Morgan fingerprint density at radius 1 is 1.04 bits per heavy atom. The summed E-state index contributed by atoms with van der Waals surface area (Å²) in [5, 5.41) is 3.03. The number of nitrogens with one attached hydrogen (secondary N) is 1. The van der Waals surface area contributed by atoms with E-state index in [2.05, 4.69) is 71.1 Å². The molecule has 0 unspecified atom stereocenters. The molecule has 4 rings (SSSR count). The van der Waals surface area contributed by atoms with Gasteiger partial charge in [-0.15, -0.1) is 0 Å². The summed E-state index contributed by atoms with van der Waals surface area (Å²) in [6, 6.07) is 16.5. The van der Waals surface area contributed by atoms with Crippen LogP contribution in [0.25, 0.3) is 11.0 Å². The molecule has 0 aliphatic carbocycles. The fraction of sp³-hybridized carbons (Fsp3) is 0.364. The molecule has 1 aromatic heterocycles. The van der Waals surface area contributed by atoms with Crippen LogP contribution in [0.15, 0.2) is 48.5 Å². The Balaban J connectivity index is 1.36. The third-order valence-corrected chi connectivity index (χ3v) is 5.36. The zero-order chi connectivity index (χ0) is 19.5. The summed E-state index contributed by atoms with van der Waals surface area (Å²) in [4.78, 5) is 21.5. The smallest absolute Gasteiger partial charge is 0.317 e. The molecule has 0 bridgehead atoms. The number of imidazole rings is 1. The molecular formula is C22H27N5O. The van der Waals surface area contributed by atoms with Crippen LogP contribution in [-0.2, 0) is 13.1 Å². The van der Waals surface area contributed by atoms with E-state index in [4.69, 9.17) is 4.98 Å². The van der Waals surface area contributed by atoms with Gasteiger partial charge >= 0.3 is 6.03 Å². The van der Waals surface area contributed by atoms with Gasteiger partial charge in [0.25, 0.3) is 0 Å². The lowest BCUT2D eigenvalue weighted by Crippen LogP contribution is -2.52. The van der Waals surface area contributed by atoms with Gasteiger partial charge in [0, 0.05) is 39.3 Å². The summed E-state index contributed by atoms with van der Waals surface area (Å²) in [6.07, 6.45) is 0. The second kappa shape index (κ2) is 7.92. The Morgan fingerprint density at radius 3 is 2.46 bits per heavy atom. The number of amides is 2. The van der Waals surface area contributed by atoms with Crippen LogP contribution >= 0.6 is 0 Å². The van der Waals surface area contributed by atoms with E-state index in [-0.39, 0.29) is 6.03 Å². The minimum atomic E-state index is 0.00391. The highest BCUT2D eigenvalue weighted by Gasteiger charge is 2.24. The van der Waals surface area contributed by atoms with Gasteiger partial charge in [0.1, 0.15) is 0 Å². The molecule has 0 radical (unpaired) electrons. The first-order valence-corrected chi connectivity index (χ1v) is 9.94. The lowest BCUT2D eigenvalue weighted by molar-refractivity contribution is 0.193. The fourth-order valence-electron chi connectivity index (χ4n) is 3.72. The van der Waals surface area contributed by atoms with Gasteiger partial charge in [-0.05, 0) is 31.5 Å². The second-order valence-electron chi connectivity index (χ2n) is 7.26. The summed E-state index contributed by atoms with van der Waals surface area (Å²) < 4.78 is 2.25. The summed E-state index contributed by atoms with van der Waals surface area (Å²) in [6.45, 7) is 8.64. The standard InChI is InChI=1S/C22H27N5O/c1-3-27-20-7-5-4-6-19(20)24-21(27)25-12-14-26(15-13-25)22(28)23-16-18-10-8-17(2)9-11-18/h4-11H,3,12-16H2,1-2H3,(H,23,28). The zero-order valence-electron chi connectivity index (χ0n) is 16.6. The number of nitrogens with zero attached hydrogens (tertiary/aromatic N) is 4. The Morgan fingerprint density at radius 2 is 1.75 bits per heavy atom. The first-order chi connectivity index (χ1) is 13.7. The topological polar surface area (TPSA) is 53.4 Å². The molecule has 28 heavy (non-hydrogen) atoms. The van der Waals surface area contributed by atoms with E-state index in [0.29, 0.717) is 19.6 Å². The SMILES string of the molecule is CCn1c(N2CCN(C(=O)NCc3ccc(C)cc3)CC2)nc2ccccc21. The van der Waals surface area contributed by atoms with Crippen LogP contribution in [0.5, 0.6) is 0 Å². The van der Waals surface area contributed by atoms with Gasteiger partial charge in [0.2, 0.25) is 5.95 Å². The van der Waals surface area contributed by atoms with Crippen LogP contribution in [0.2, 0.25) is 0 Å². The highest BCUT2D eigenvalue weighted by Crippen LogP contribution is 2.23. The second-order valence-corrected chi connectivity index (χ2v) is 7.26. The van der Waals surface area contributed by atoms with Crippen molar-refractivity contribution in [3.05, 3.63) is 59.7 Å². The van der Waals surface area contributed by atoms with E-state index >= 15 is 0 Å². The third kappa shape index (κ3) is 3.67. The van der Waals surface area contributed by atoms with Crippen molar-refractivity contribution in [2.24, 2.45) is 0 Å². The summed E-state index contributed by atoms with van der Waals surface area (Å²) >= 11 is 0. The quantitative estimate of drug-likeness (QED) is 0.758. The number of carbonyl (C=O) groups excluding carboxylic acids is 1. The predicted molar refractivity (Wildman–Crippen MR) is 113 cm³/mol. The van der Waals surface area contributed by atoms with Gasteiger partial charge < -0.3 is 19.7 Å². The molecule has 2 aromatic carbocycles. The molecule has 1 N–H and O–H groups in total. The molecule has 0 saturated carbocycles. The van der Waals surface area contributed by atoms with Gasteiger partial charge in [-0.1, -0.05) is 42.0 Å².